The third kappa shape index (κ3) is 1.89. The van der Waals surface area contributed by atoms with Gasteiger partial charge in [0, 0.05) is 12.1 Å². The van der Waals surface area contributed by atoms with Crippen molar-refractivity contribution >= 4 is 11.5 Å². The van der Waals surface area contributed by atoms with Gasteiger partial charge >= 0.3 is 5.69 Å². The van der Waals surface area contributed by atoms with Gasteiger partial charge in [0.15, 0.2) is 11.6 Å². The number of hydrogen-bond acceptors (Lipinski definition) is 6. The lowest BCUT2D eigenvalue weighted by molar-refractivity contribution is -0.385. The highest BCUT2D eigenvalue weighted by Crippen LogP contribution is 2.37. The fourth-order valence-electron chi connectivity index (χ4n) is 1.49. The van der Waals surface area contributed by atoms with Crippen molar-refractivity contribution in [3.63, 3.8) is 0 Å². The number of benzene rings is 1. The van der Waals surface area contributed by atoms with Crippen molar-refractivity contribution in [2.75, 3.05) is 12.8 Å². The lowest BCUT2D eigenvalue weighted by atomic mass is 10.1. The lowest BCUT2D eigenvalue weighted by Gasteiger charge is -2.05. The molecule has 2 rings (SSSR count). The Morgan fingerprint density at radius 2 is 2.29 bits per heavy atom. The summed E-state index contributed by atoms with van der Waals surface area (Å²) in [6, 6.07) is 5.99. The Bertz CT molecular complexity index is 564. The summed E-state index contributed by atoms with van der Waals surface area (Å²) in [4.78, 5) is 10.3. The molecule has 0 atom stereocenters. The van der Waals surface area contributed by atoms with Crippen LogP contribution in [0.15, 0.2) is 28.8 Å². The number of rotatable bonds is 3. The van der Waals surface area contributed by atoms with Gasteiger partial charge in [0.25, 0.3) is 0 Å². The van der Waals surface area contributed by atoms with Crippen molar-refractivity contribution in [3.05, 3.63) is 34.4 Å². The van der Waals surface area contributed by atoms with Crippen LogP contribution in [0.25, 0.3) is 11.3 Å². The first-order valence-electron chi connectivity index (χ1n) is 4.67. The van der Waals surface area contributed by atoms with E-state index >= 15 is 0 Å². The molecule has 88 valence electrons. The number of nitrogens with zero attached hydrogens (tertiary/aromatic N) is 2. The number of anilines is 1. The van der Waals surface area contributed by atoms with Crippen LogP contribution in [0.2, 0.25) is 0 Å². The number of hydrogen-bond donors (Lipinski definition) is 1. The molecule has 1 aromatic heterocycles. The number of para-hydroxylation sites is 1. The number of nitro groups is 1. The average molecular weight is 235 g/mol. The van der Waals surface area contributed by atoms with Crippen molar-refractivity contribution < 1.29 is 14.2 Å². The highest BCUT2D eigenvalue weighted by atomic mass is 16.6. The molecular weight excluding hydrogens is 226 g/mol. The predicted molar refractivity (Wildman–Crippen MR) is 59.6 cm³/mol. The average Bonchev–Trinajstić information content (AvgIpc) is 2.74. The number of nitrogens with two attached hydrogens (primary N) is 1. The number of aromatic nitrogens is 1. The van der Waals surface area contributed by atoms with Crippen LogP contribution in [-0.4, -0.2) is 17.2 Å². The van der Waals surface area contributed by atoms with E-state index in [-0.39, 0.29) is 17.3 Å². The molecule has 0 saturated heterocycles. The number of ether oxygens (including phenoxy) is 1. The largest absolute Gasteiger partial charge is 0.490 e. The van der Waals surface area contributed by atoms with Crippen molar-refractivity contribution in [1.82, 2.24) is 5.16 Å². The summed E-state index contributed by atoms with van der Waals surface area (Å²) in [5.74, 6) is 0.644. The minimum atomic E-state index is -0.526. The van der Waals surface area contributed by atoms with E-state index < -0.39 is 4.92 Å². The molecule has 17 heavy (non-hydrogen) atoms. The van der Waals surface area contributed by atoms with Gasteiger partial charge in [-0.15, -0.1) is 0 Å². The molecule has 0 aliphatic rings. The first-order valence-corrected chi connectivity index (χ1v) is 4.67. The maximum Gasteiger partial charge on any atom is 0.311 e. The van der Waals surface area contributed by atoms with Gasteiger partial charge in [-0.2, -0.15) is 0 Å². The summed E-state index contributed by atoms with van der Waals surface area (Å²) in [5.41, 5.74) is 5.72. The third-order valence-electron chi connectivity index (χ3n) is 2.19. The molecule has 0 bridgehead atoms. The van der Waals surface area contributed by atoms with Gasteiger partial charge in [-0.3, -0.25) is 10.1 Å². The molecule has 2 N–H and O–H groups in total. The molecular formula is C10H9N3O4. The molecule has 7 heteroatoms. The second kappa shape index (κ2) is 4.12. The zero-order valence-electron chi connectivity index (χ0n) is 8.91. The topological polar surface area (TPSA) is 104 Å². The van der Waals surface area contributed by atoms with Crippen LogP contribution in [0.1, 0.15) is 0 Å². The molecule has 0 aliphatic heterocycles. The summed E-state index contributed by atoms with van der Waals surface area (Å²) in [6.07, 6.45) is 0. The molecule has 1 heterocycles. The molecule has 2 aromatic rings. The standard InChI is InChI=1S/C10H9N3O4/c1-16-10-6(8-5-9(11)12-17-8)3-2-4-7(10)13(14)15/h2-5H,1H3,(H2,11,12). The van der Waals surface area contributed by atoms with Crippen molar-refractivity contribution in [3.8, 4) is 17.1 Å². The summed E-state index contributed by atoms with van der Waals surface area (Å²) in [7, 11) is 1.35. The third-order valence-corrected chi connectivity index (χ3v) is 2.19. The Morgan fingerprint density at radius 1 is 1.53 bits per heavy atom. The maximum absolute atomic E-state index is 10.8. The number of methoxy groups -OCH3 is 1. The van der Waals surface area contributed by atoms with Crippen LogP contribution in [-0.2, 0) is 0 Å². The Labute approximate surface area is 95.9 Å². The van der Waals surface area contributed by atoms with E-state index in [2.05, 4.69) is 5.16 Å². The van der Waals surface area contributed by atoms with Crippen LogP contribution in [0, 0.1) is 10.1 Å². The van der Waals surface area contributed by atoms with E-state index in [0.29, 0.717) is 11.3 Å². The number of nitrogen functional groups attached to an aromatic ring is 1. The van der Waals surface area contributed by atoms with Crippen LogP contribution < -0.4 is 10.5 Å². The number of nitro benzene ring substituents is 1. The van der Waals surface area contributed by atoms with Crippen LogP contribution >= 0.6 is 0 Å². The van der Waals surface area contributed by atoms with E-state index in [1.165, 1.54) is 25.3 Å². The van der Waals surface area contributed by atoms with Gasteiger partial charge in [-0.05, 0) is 6.07 Å². The first-order chi connectivity index (χ1) is 8.13. The Morgan fingerprint density at radius 3 is 2.82 bits per heavy atom. The first kappa shape index (κ1) is 10.9. The van der Waals surface area contributed by atoms with Crippen LogP contribution in [0.5, 0.6) is 5.75 Å². The van der Waals surface area contributed by atoms with Crippen molar-refractivity contribution in [1.29, 1.82) is 0 Å². The van der Waals surface area contributed by atoms with Gasteiger partial charge in [0.2, 0.25) is 5.75 Å². The molecule has 0 radical (unpaired) electrons. The zero-order chi connectivity index (χ0) is 12.4. The van der Waals surface area contributed by atoms with Crippen molar-refractivity contribution in [2.24, 2.45) is 0 Å². The fraction of sp³-hybridized carbons (Fsp3) is 0.100. The molecule has 0 unspecified atom stereocenters. The van der Waals surface area contributed by atoms with E-state index in [9.17, 15) is 10.1 Å². The van der Waals surface area contributed by atoms with E-state index in [1.54, 1.807) is 6.07 Å². The second-order valence-corrected chi connectivity index (χ2v) is 3.23. The maximum atomic E-state index is 10.8. The van der Waals surface area contributed by atoms with Gasteiger partial charge in [0.1, 0.15) is 0 Å². The van der Waals surface area contributed by atoms with Gasteiger partial charge < -0.3 is 15.0 Å². The minimum absolute atomic E-state index is 0.119. The van der Waals surface area contributed by atoms with E-state index in [0.717, 1.165) is 0 Å². The molecule has 0 amide bonds. The predicted octanol–water partition coefficient (Wildman–Crippen LogP) is 1.84. The molecule has 0 saturated carbocycles. The monoisotopic (exact) mass is 235 g/mol. The van der Waals surface area contributed by atoms with Crippen LogP contribution in [0.3, 0.4) is 0 Å². The molecule has 0 aliphatic carbocycles. The summed E-state index contributed by atoms with van der Waals surface area (Å²) in [6.45, 7) is 0. The molecule has 0 fully saturated rings. The fourth-order valence-corrected chi connectivity index (χ4v) is 1.49. The summed E-state index contributed by atoms with van der Waals surface area (Å²) in [5, 5.41) is 14.3. The van der Waals surface area contributed by atoms with Gasteiger partial charge in [-0.25, -0.2) is 0 Å². The molecule has 0 spiro atoms. The highest BCUT2D eigenvalue weighted by molar-refractivity contribution is 5.73. The Hall–Kier alpha value is -2.57. The second-order valence-electron chi connectivity index (χ2n) is 3.23. The summed E-state index contributed by atoms with van der Waals surface area (Å²) < 4.78 is 9.98. The van der Waals surface area contributed by atoms with Gasteiger partial charge in [0.05, 0.1) is 17.6 Å². The zero-order valence-corrected chi connectivity index (χ0v) is 8.91. The Balaban J connectivity index is 2.61. The van der Waals surface area contributed by atoms with E-state index in [4.69, 9.17) is 15.0 Å². The smallest absolute Gasteiger partial charge is 0.311 e. The lowest BCUT2D eigenvalue weighted by Crippen LogP contribution is -1.95. The highest BCUT2D eigenvalue weighted by Gasteiger charge is 2.21. The molecule has 7 nitrogen and oxygen atoms in total. The van der Waals surface area contributed by atoms with Gasteiger partial charge in [-0.1, -0.05) is 11.2 Å². The normalized spacial score (nSPS) is 10.2. The van der Waals surface area contributed by atoms with Crippen molar-refractivity contribution in [2.45, 2.75) is 0 Å². The van der Waals surface area contributed by atoms with Crippen LogP contribution in [0.4, 0.5) is 11.5 Å². The summed E-state index contributed by atoms with van der Waals surface area (Å²) >= 11 is 0. The quantitative estimate of drug-likeness (QED) is 0.642. The van der Waals surface area contributed by atoms with E-state index in [1.807, 2.05) is 0 Å². The minimum Gasteiger partial charge on any atom is -0.490 e. The molecule has 1 aromatic carbocycles. The Kier molecular flexibility index (Phi) is 2.65. The SMILES string of the molecule is COc1c(-c2cc(N)no2)cccc1[N+](=O)[O-].